The van der Waals surface area contributed by atoms with Crippen LogP contribution in [0.25, 0.3) is 0 Å². The molecule has 0 unspecified atom stereocenters. The molecule has 3 amide bonds. The van der Waals surface area contributed by atoms with Crippen molar-refractivity contribution < 1.29 is 14.0 Å². The van der Waals surface area contributed by atoms with Crippen LogP contribution in [0.5, 0.6) is 0 Å². The number of halogens is 1. The molecule has 0 radical (unpaired) electrons. The van der Waals surface area contributed by atoms with Gasteiger partial charge in [-0.05, 0) is 54.3 Å². The number of anilines is 1. The van der Waals surface area contributed by atoms with Crippen LogP contribution in [0.15, 0.2) is 77.4 Å². The molecule has 3 rings (SSSR count). The van der Waals surface area contributed by atoms with E-state index < -0.39 is 0 Å². The number of rotatable bonds is 10. The number of hydrogen-bond acceptors (Lipinski definition) is 3. The van der Waals surface area contributed by atoms with Crippen LogP contribution >= 0.6 is 11.6 Å². The minimum atomic E-state index is -0.319. The van der Waals surface area contributed by atoms with Gasteiger partial charge >= 0.3 is 6.03 Å². The van der Waals surface area contributed by atoms with E-state index in [-0.39, 0.29) is 24.4 Å². The Morgan fingerprint density at radius 2 is 1.70 bits per heavy atom. The molecule has 0 atom stereocenters. The fraction of sp³-hybridized carbons (Fsp3) is 0.308. The molecular formula is C26H30ClN3O3. The van der Waals surface area contributed by atoms with Crippen molar-refractivity contribution >= 4 is 29.2 Å². The van der Waals surface area contributed by atoms with Gasteiger partial charge in [0.15, 0.2) is 0 Å². The molecule has 0 fully saturated rings. The number of benzene rings is 2. The number of nitrogens with zero attached hydrogens (tertiary/aromatic N) is 2. The Kier molecular flexibility index (Phi) is 8.95. The van der Waals surface area contributed by atoms with Gasteiger partial charge in [0.25, 0.3) is 0 Å². The molecule has 7 heteroatoms. The summed E-state index contributed by atoms with van der Waals surface area (Å²) >= 11 is 5.93. The number of hydrogen-bond donors (Lipinski definition) is 1. The zero-order chi connectivity index (χ0) is 23.6. The third kappa shape index (κ3) is 7.99. The first-order chi connectivity index (χ1) is 15.9. The van der Waals surface area contributed by atoms with Crippen LogP contribution in [-0.2, 0) is 17.8 Å². The number of urea groups is 1. The van der Waals surface area contributed by atoms with E-state index in [1.807, 2.05) is 50.2 Å². The first-order valence-corrected chi connectivity index (χ1v) is 11.4. The van der Waals surface area contributed by atoms with Crippen molar-refractivity contribution in [1.29, 1.82) is 0 Å². The molecule has 0 bridgehead atoms. The van der Waals surface area contributed by atoms with E-state index >= 15 is 0 Å². The molecule has 3 aromatic rings. The average Bonchev–Trinajstić information content (AvgIpc) is 3.31. The lowest BCUT2D eigenvalue weighted by Gasteiger charge is -2.28. The second kappa shape index (κ2) is 12.1. The molecule has 1 heterocycles. The Bertz CT molecular complexity index is 1010. The van der Waals surface area contributed by atoms with Crippen molar-refractivity contribution in [1.82, 2.24) is 9.80 Å². The van der Waals surface area contributed by atoms with Crippen LogP contribution in [0.2, 0.25) is 5.02 Å². The van der Waals surface area contributed by atoms with Crippen LogP contribution in [-0.4, -0.2) is 41.4 Å². The van der Waals surface area contributed by atoms with E-state index in [4.69, 9.17) is 16.0 Å². The van der Waals surface area contributed by atoms with Crippen LogP contribution in [0.3, 0.4) is 0 Å². The SMILES string of the molecule is CC(C)CN(CC(=O)N(CCc1ccccc1)Cc1ccco1)C(=O)Nc1ccc(Cl)cc1. The Labute approximate surface area is 200 Å². The number of carbonyl (C=O) groups excluding carboxylic acids is 2. The lowest BCUT2D eigenvalue weighted by Crippen LogP contribution is -2.46. The average molecular weight is 468 g/mol. The Morgan fingerprint density at radius 1 is 0.970 bits per heavy atom. The maximum absolute atomic E-state index is 13.3. The first kappa shape index (κ1) is 24.4. The molecule has 0 aliphatic carbocycles. The monoisotopic (exact) mass is 467 g/mol. The van der Waals surface area contributed by atoms with Crippen molar-refractivity contribution in [2.75, 3.05) is 25.0 Å². The van der Waals surface area contributed by atoms with Crippen molar-refractivity contribution in [2.24, 2.45) is 5.92 Å². The summed E-state index contributed by atoms with van der Waals surface area (Å²) in [7, 11) is 0. The van der Waals surface area contributed by atoms with Crippen LogP contribution in [0.4, 0.5) is 10.5 Å². The quantitative estimate of drug-likeness (QED) is 0.416. The molecule has 33 heavy (non-hydrogen) atoms. The molecule has 1 N–H and O–H groups in total. The van der Waals surface area contributed by atoms with Crippen LogP contribution in [0, 0.1) is 5.92 Å². The largest absolute Gasteiger partial charge is 0.467 e. The normalized spacial score (nSPS) is 10.8. The van der Waals surface area contributed by atoms with E-state index in [0.717, 1.165) is 5.56 Å². The Balaban J connectivity index is 1.70. The molecule has 0 saturated carbocycles. The third-order valence-electron chi connectivity index (χ3n) is 5.09. The summed E-state index contributed by atoms with van der Waals surface area (Å²) in [5.41, 5.74) is 1.77. The van der Waals surface area contributed by atoms with E-state index in [1.54, 1.807) is 46.4 Å². The highest BCUT2D eigenvalue weighted by Gasteiger charge is 2.23. The number of nitrogens with one attached hydrogen (secondary N) is 1. The number of amides is 3. The topological polar surface area (TPSA) is 65.8 Å². The highest BCUT2D eigenvalue weighted by Crippen LogP contribution is 2.15. The second-order valence-corrected chi connectivity index (χ2v) is 8.78. The number of furan rings is 1. The van der Waals surface area contributed by atoms with Gasteiger partial charge in [-0.1, -0.05) is 55.8 Å². The third-order valence-corrected chi connectivity index (χ3v) is 5.34. The summed E-state index contributed by atoms with van der Waals surface area (Å²) in [6, 6.07) is 20.3. The summed E-state index contributed by atoms with van der Waals surface area (Å²) in [6.07, 6.45) is 2.31. The molecule has 6 nitrogen and oxygen atoms in total. The predicted molar refractivity (Wildman–Crippen MR) is 131 cm³/mol. The molecule has 0 aliphatic rings. The zero-order valence-electron chi connectivity index (χ0n) is 19.0. The van der Waals surface area contributed by atoms with E-state index in [0.29, 0.717) is 42.5 Å². The highest BCUT2D eigenvalue weighted by molar-refractivity contribution is 6.30. The van der Waals surface area contributed by atoms with Crippen molar-refractivity contribution in [3.8, 4) is 0 Å². The smallest absolute Gasteiger partial charge is 0.322 e. The van der Waals surface area contributed by atoms with Gasteiger partial charge in [0.2, 0.25) is 5.91 Å². The van der Waals surface area contributed by atoms with Gasteiger partial charge in [0.05, 0.1) is 12.8 Å². The molecular weight excluding hydrogens is 438 g/mol. The molecule has 0 saturated heterocycles. The standard InChI is InChI=1S/C26H30ClN3O3/c1-20(2)17-30(26(32)28-23-12-10-22(27)11-13-23)19-25(31)29(18-24-9-6-16-33-24)15-14-21-7-4-3-5-8-21/h3-13,16,20H,14-15,17-19H2,1-2H3,(H,28,32). The lowest BCUT2D eigenvalue weighted by molar-refractivity contribution is -0.132. The molecule has 2 aromatic carbocycles. The van der Waals surface area contributed by atoms with Crippen molar-refractivity contribution in [3.63, 3.8) is 0 Å². The molecule has 174 valence electrons. The fourth-order valence-corrected chi connectivity index (χ4v) is 3.58. The molecule has 0 spiro atoms. The summed E-state index contributed by atoms with van der Waals surface area (Å²) in [5, 5.41) is 3.45. The van der Waals surface area contributed by atoms with E-state index in [1.165, 1.54) is 0 Å². The van der Waals surface area contributed by atoms with Gasteiger partial charge in [0, 0.05) is 23.8 Å². The first-order valence-electron chi connectivity index (χ1n) is 11.1. The number of carbonyl (C=O) groups is 2. The van der Waals surface area contributed by atoms with Crippen molar-refractivity contribution in [2.45, 2.75) is 26.8 Å². The Hall–Kier alpha value is -3.25. The summed E-state index contributed by atoms with van der Waals surface area (Å²) in [4.78, 5) is 29.6. The van der Waals surface area contributed by atoms with Crippen LogP contribution < -0.4 is 5.32 Å². The van der Waals surface area contributed by atoms with Gasteiger partial charge in [0.1, 0.15) is 12.3 Å². The maximum atomic E-state index is 13.3. The summed E-state index contributed by atoms with van der Waals surface area (Å²) in [5.74, 6) is 0.781. The summed E-state index contributed by atoms with van der Waals surface area (Å²) < 4.78 is 5.47. The van der Waals surface area contributed by atoms with Crippen molar-refractivity contribution in [3.05, 3.63) is 89.3 Å². The lowest BCUT2D eigenvalue weighted by atomic mass is 10.1. The van der Waals surface area contributed by atoms with Gasteiger partial charge in [-0.15, -0.1) is 0 Å². The molecule has 1 aromatic heterocycles. The fourth-order valence-electron chi connectivity index (χ4n) is 3.45. The zero-order valence-corrected chi connectivity index (χ0v) is 19.8. The predicted octanol–water partition coefficient (Wildman–Crippen LogP) is 5.69. The molecule has 0 aliphatic heterocycles. The second-order valence-electron chi connectivity index (χ2n) is 8.34. The van der Waals surface area contributed by atoms with Gasteiger partial charge in [-0.2, -0.15) is 0 Å². The van der Waals surface area contributed by atoms with Gasteiger partial charge in [-0.3, -0.25) is 4.79 Å². The van der Waals surface area contributed by atoms with Gasteiger partial charge in [-0.25, -0.2) is 4.79 Å². The van der Waals surface area contributed by atoms with Gasteiger partial charge < -0.3 is 19.5 Å². The maximum Gasteiger partial charge on any atom is 0.322 e. The van der Waals surface area contributed by atoms with E-state index in [2.05, 4.69) is 5.32 Å². The van der Waals surface area contributed by atoms with Crippen LogP contribution in [0.1, 0.15) is 25.2 Å². The highest BCUT2D eigenvalue weighted by atomic mass is 35.5. The van der Waals surface area contributed by atoms with E-state index in [9.17, 15) is 9.59 Å². The minimum Gasteiger partial charge on any atom is -0.467 e. The minimum absolute atomic E-state index is 0.0207. The summed E-state index contributed by atoms with van der Waals surface area (Å²) in [6.45, 7) is 5.35. The Morgan fingerprint density at radius 3 is 2.33 bits per heavy atom.